The van der Waals surface area contributed by atoms with Crippen LogP contribution in [0.5, 0.6) is 0 Å². The first-order valence-electron chi connectivity index (χ1n) is 7.73. The van der Waals surface area contributed by atoms with Gasteiger partial charge in [0.1, 0.15) is 0 Å². The summed E-state index contributed by atoms with van der Waals surface area (Å²) in [7, 11) is 6.25. The minimum absolute atomic E-state index is 0.232. The first-order chi connectivity index (χ1) is 9.05. The summed E-state index contributed by atoms with van der Waals surface area (Å²) in [6.07, 6.45) is 8.61. The number of hydrogen-bond donors (Lipinski definition) is 0. The van der Waals surface area contributed by atoms with Crippen LogP contribution in [0, 0.1) is 0 Å². The lowest BCUT2D eigenvalue weighted by molar-refractivity contribution is 0.0317. The van der Waals surface area contributed by atoms with Crippen LogP contribution in [0.2, 0.25) is 0 Å². The molecule has 0 atom stereocenters. The molecule has 1 aliphatic heterocycles. The van der Waals surface area contributed by atoms with Crippen molar-refractivity contribution in [3.63, 3.8) is 0 Å². The Morgan fingerprint density at radius 2 is 1.58 bits per heavy atom. The van der Waals surface area contributed by atoms with Gasteiger partial charge in [-0.05, 0) is 46.2 Å². The molecule has 0 radical (unpaired) electrons. The number of carbonyl (C=O) groups is 1. The molecule has 0 spiro atoms. The second-order valence-corrected chi connectivity index (χ2v) is 6.51. The summed E-state index contributed by atoms with van der Waals surface area (Å²) in [6.45, 7) is 2.76. The smallest absolute Gasteiger partial charge is 0.319 e. The molecule has 0 bridgehead atoms. The molecule has 4 nitrogen and oxygen atoms in total. The molecular formula is C15H29N3O. The normalized spacial score (nSPS) is 22.8. The van der Waals surface area contributed by atoms with Gasteiger partial charge in [-0.1, -0.05) is 12.8 Å². The lowest BCUT2D eigenvalue weighted by Gasteiger charge is -2.49. The summed E-state index contributed by atoms with van der Waals surface area (Å²) in [5.41, 5.74) is 0.232. The van der Waals surface area contributed by atoms with Gasteiger partial charge in [0.15, 0.2) is 0 Å². The number of rotatable bonds is 3. The molecule has 1 saturated carbocycles. The number of likely N-dealkylation sites (N-methyl/N-ethyl adjacent to an activating group) is 2. The van der Waals surface area contributed by atoms with E-state index in [2.05, 4.69) is 23.9 Å². The number of hydrogen-bond acceptors (Lipinski definition) is 2. The van der Waals surface area contributed by atoms with Crippen molar-refractivity contribution in [2.45, 2.75) is 50.5 Å². The fourth-order valence-electron chi connectivity index (χ4n) is 3.34. The van der Waals surface area contributed by atoms with Crippen molar-refractivity contribution >= 4 is 6.03 Å². The number of likely N-dealkylation sites (tertiary alicyclic amines) is 1. The molecule has 2 fully saturated rings. The third-order valence-electron chi connectivity index (χ3n) is 4.97. The van der Waals surface area contributed by atoms with Gasteiger partial charge in [-0.3, -0.25) is 0 Å². The van der Waals surface area contributed by atoms with Gasteiger partial charge >= 0.3 is 6.03 Å². The monoisotopic (exact) mass is 267 g/mol. The zero-order valence-electron chi connectivity index (χ0n) is 12.8. The second-order valence-electron chi connectivity index (χ2n) is 6.51. The first kappa shape index (κ1) is 14.6. The molecule has 1 aliphatic carbocycles. The van der Waals surface area contributed by atoms with E-state index >= 15 is 0 Å². The predicted molar refractivity (Wildman–Crippen MR) is 78.3 cm³/mol. The van der Waals surface area contributed by atoms with Crippen molar-refractivity contribution in [3.05, 3.63) is 0 Å². The van der Waals surface area contributed by atoms with E-state index < -0.39 is 0 Å². The molecule has 4 heteroatoms. The average molecular weight is 267 g/mol. The number of carbonyl (C=O) groups excluding carboxylic acids is 1. The Bertz CT molecular complexity index is 305. The summed E-state index contributed by atoms with van der Waals surface area (Å²) in [4.78, 5) is 18.8. The van der Waals surface area contributed by atoms with Gasteiger partial charge in [0.05, 0.1) is 0 Å². The zero-order valence-corrected chi connectivity index (χ0v) is 12.8. The Morgan fingerprint density at radius 1 is 1.00 bits per heavy atom. The van der Waals surface area contributed by atoms with Gasteiger partial charge in [0.25, 0.3) is 0 Å². The summed E-state index contributed by atoms with van der Waals surface area (Å²) >= 11 is 0. The average Bonchev–Trinajstić information content (AvgIpc) is 2.60. The van der Waals surface area contributed by atoms with Gasteiger partial charge in [-0.25, -0.2) is 4.79 Å². The highest BCUT2D eigenvalue weighted by molar-refractivity contribution is 5.74. The van der Waals surface area contributed by atoms with Crippen LogP contribution in [-0.2, 0) is 0 Å². The van der Waals surface area contributed by atoms with Gasteiger partial charge in [0, 0.05) is 32.2 Å². The highest BCUT2D eigenvalue weighted by atomic mass is 16.2. The van der Waals surface area contributed by atoms with Crippen LogP contribution in [0.3, 0.4) is 0 Å². The lowest BCUT2D eigenvalue weighted by Crippen LogP contribution is -2.58. The fourth-order valence-corrected chi connectivity index (χ4v) is 3.34. The van der Waals surface area contributed by atoms with E-state index in [0.29, 0.717) is 0 Å². The Hall–Kier alpha value is -0.770. The number of amides is 2. The quantitative estimate of drug-likeness (QED) is 0.785. The topological polar surface area (TPSA) is 26.8 Å². The summed E-state index contributed by atoms with van der Waals surface area (Å²) in [6, 6.07) is 0.232. The third-order valence-corrected chi connectivity index (χ3v) is 4.97. The predicted octanol–water partition coefficient (Wildman–Crippen LogP) is 2.40. The van der Waals surface area contributed by atoms with E-state index in [1.165, 1.54) is 44.9 Å². The van der Waals surface area contributed by atoms with E-state index in [1.54, 1.807) is 0 Å². The molecule has 1 heterocycles. The highest BCUT2D eigenvalue weighted by Crippen LogP contribution is 2.36. The van der Waals surface area contributed by atoms with Crippen LogP contribution >= 0.6 is 0 Å². The molecule has 0 aromatic carbocycles. The van der Waals surface area contributed by atoms with E-state index in [0.717, 1.165) is 19.6 Å². The number of urea groups is 1. The van der Waals surface area contributed by atoms with E-state index in [4.69, 9.17) is 0 Å². The third kappa shape index (κ3) is 3.22. The molecule has 0 unspecified atom stereocenters. The minimum atomic E-state index is 0.232. The zero-order chi connectivity index (χ0) is 13.9. The number of nitrogens with zero attached hydrogens (tertiary/aromatic N) is 3. The largest absolute Gasteiger partial charge is 0.326 e. The van der Waals surface area contributed by atoms with Gasteiger partial charge in [-0.2, -0.15) is 0 Å². The first-order valence-corrected chi connectivity index (χ1v) is 7.73. The van der Waals surface area contributed by atoms with Gasteiger partial charge in [-0.15, -0.1) is 0 Å². The highest BCUT2D eigenvalue weighted by Gasteiger charge is 2.41. The summed E-state index contributed by atoms with van der Waals surface area (Å²) < 4.78 is 0. The van der Waals surface area contributed by atoms with Crippen LogP contribution in [0.1, 0.15) is 44.9 Å². The molecule has 0 N–H and O–H groups in total. The SMILES string of the molecule is CN(CC1(N(C)C)CCC1)C(=O)N1CCCCCC1. The molecule has 2 amide bonds. The van der Waals surface area contributed by atoms with Crippen molar-refractivity contribution in [1.29, 1.82) is 0 Å². The molecule has 0 aromatic rings. The second kappa shape index (κ2) is 6.12. The Morgan fingerprint density at radius 3 is 2.00 bits per heavy atom. The van der Waals surface area contributed by atoms with Crippen LogP contribution < -0.4 is 0 Å². The maximum Gasteiger partial charge on any atom is 0.319 e. The summed E-state index contributed by atoms with van der Waals surface area (Å²) in [5, 5.41) is 0. The van der Waals surface area contributed by atoms with E-state index in [9.17, 15) is 4.79 Å². The van der Waals surface area contributed by atoms with Crippen LogP contribution in [0.15, 0.2) is 0 Å². The van der Waals surface area contributed by atoms with Crippen molar-refractivity contribution in [2.24, 2.45) is 0 Å². The molecule has 110 valence electrons. The lowest BCUT2D eigenvalue weighted by atomic mass is 9.75. The van der Waals surface area contributed by atoms with Crippen molar-refractivity contribution < 1.29 is 4.79 Å². The Kier molecular flexibility index (Phi) is 4.71. The Balaban J connectivity index is 1.91. The maximum atomic E-state index is 12.5. The molecule has 2 aliphatic rings. The standard InChI is InChI=1S/C15H29N3O/c1-16(2)15(9-8-10-15)13-17(3)14(19)18-11-6-4-5-7-12-18/h4-13H2,1-3H3. The van der Waals surface area contributed by atoms with E-state index in [1.807, 2.05) is 11.9 Å². The molecule has 1 saturated heterocycles. The van der Waals surface area contributed by atoms with Crippen LogP contribution in [0.25, 0.3) is 0 Å². The van der Waals surface area contributed by atoms with E-state index in [-0.39, 0.29) is 11.6 Å². The van der Waals surface area contributed by atoms with Crippen LogP contribution in [-0.4, -0.2) is 67.0 Å². The molecule has 19 heavy (non-hydrogen) atoms. The maximum absolute atomic E-state index is 12.5. The summed E-state index contributed by atoms with van der Waals surface area (Å²) in [5.74, 6) is 0. The molecule has 0 aromatic heterocycles. The molecular weight excluding hydrogens is 238 g/mol. The minimum Gasteiger partial charge on any atom is -0.326 e. The fraction of sp³-hybridized carbons (Fsp3) is 0.933. The van der Waals surface area contributed by atoms with Crippen molar-refractivity contribution in [2.75, 3.05) is 40.8 Å². The molecule has 2 rings (SSSR count). The van der Waals surface area contributed by atoms with Crippen LogP contribution in [0.4, 0.5) is 4.79 Å². The Labute approximate surface area is 117 Å². The van der Waals surface area contributed by atoms with Crippen molar-refractivity contribution in [1.82, 2.24) is 14.7 Å². The van der Waals surface area contributed by atoms with Crippen molar-refractivity contribution in [3.8, 4) is 0 Å². The van der Waals surface area contributed by atoms with Gasteiger partial charge < -0.3 is 14.7 Å². The van der Waals surface area contributed by atoms with Gasteiger partial charge in [0.2, 0.25) is 0 Å².